The van der Waals surface area contributed by atoms with Gasteiger partial charge >= 0.3 is 12.1 Å². The summed E-state index contributed by atoms with van der Waals surface area (Å²) in [5.74, 6) is -5.93. The van der Waals surface area contributed by atoms with Gasteiger partial charge in [-0.1, -0.05) is 48.3 Å². The lowest BCUT2D eigenvalue weighted by molar-refractivity contribution is -0.178. The maximum atomic E-state index is 13.6. The molecule has 1 aliphatic heterocycles. The van der Waals surface area contributed by atoms with Crippen LogP contribution in [0.3, 0.4) is 0 Å². The minimum atomic E-state index is -4.63. The highest BCUT2D eigenvalue weighted by molar-refractivity contribution is 6.33. The Kier molecular flexibility index (Phi) is 8.49. The first-order valence-electron chi connectivity index (χ1n) is 10.7. The molecule has 184 valence electrons. The van der Waals surface area contributed by atoms with Gasteiger partial charge in [-0.15, -0.1) is 0 Å². The molecule has 10 heteroatoms. The van der Waals surface area contributed by atoms with Gasteiger partial charge in [0.25, 0.3) is 0 Å². The summed E-state index contributed by atoms with van der Waals surface area (Å²) >= 11 is 12.1. The van der Waals surface area contributed by atoms with Crippen molar-refractivity contribution in [3.63, 3.8) is 0 Å². The topological polar surface area (TPSA) is 75.6 Å². The Hall–Kier alpha value is -2.29. The number of ether oxygens (including phenoxy) is 1. The van der Waals surface area contributed by atoms with Gasteiger partial charge in [-0.3, -0.25) is 9.59 Å². The SMILES string of the molecule is C[C@H]([C@H](C(=O)Nc1cc([C@H](CC(=O)O)[C@@H]2CCCO2)ccc1Cl)c1ccc(Cl)cc1)C(F)(F)F. The van der Waals surface area contributed by atoms with Gasteiger partial charge < -0.3 is 15.2 Å². The maximum Gasteiger partial charge on any atom is 0.392 e. The summed E-state index contributed by atoms with van der Waals surface area (Å²) in [4.78, 5) is 24.6. The molecular formula is C24H24Cl2F3NO4. The molecule has 3 rings (SSSR count). The average molecular weight is 518 g/mol. The highest BCUT2D eigenvalue weighted by Crippen LogP contribution is 2.40. The largest absolute Gasteiger partial charge is 0.481 e. The van der Waals surface area contributed by atoms with Crippen LogP contribution in [-0.2, 0) is 14.3 Å². The second-order valence-electron chi connectivity index (χ2n) is 8.34. The smallest absolute Gasteiger partial charge is 0.392 e. The minimum Gasteiger partial charge on any atom is -0.481 e. The molecule has 1 fully saturated rings. The van der Waals surface area contributed by atoms with Gasteiger partial charge in [0.15, 0.2) is 0 Å². The lowest BCUT2D eigenvalue weighted by Crippen LogP contribution is -2.34. The molecule has 1 aliphatic rings. The van der Waals surface area contributed by atoms with Gasteiger partial charge in [0.1, 0.15) is 0 Å². The zero-order valence-electron chi connectivity index (χ0n) is 18.2. The van der Waals surface area contributed by atoms with E-state index in [1.165, 1.54) is 36.4 Å². The number of anilines is 1. The highest BCUT2D eigenvalue weighted by Gasteiger charge is 2.45. The van der Waals surface area contributed by atoms with Crippen LogP contribution in [0.4, 0.5) is 18.9 Å². The number of benzene rings is 2. The van der Waals surface area contributed by atoms with Crippen molar-refractivity contribution < 1.29 is 32.6 Å². The molecule has 2 aromatic carbocycles. The van der Waals surface area contributed by atoms with Gasteiger partial charge in [-0.05, 0) is 48.2 Å². The molecule has 34 heavy (non-hydrogen) atoms. The van der Waals surface area contributed by atoms with Crippen molar-refractivity contribution in [2.45, 2.75) is 50.3 Å². The number of aliphatic carboxylic acids is 1. The number of hydrogen-bond donors (Lipinski definition) is 2. The number of hydrogen-bond acceptors (Lipinski definition) is 3. The molecule has 0 aliphatic carbocycles. The van der Waals surface area contributed by atoms with Crippen LogP contribution >= 0.6 is 23.2 Å². The van der Waals surface area contributed by atoms with Crippen LogP contribution in [0.25, 0.3) is 0 Å². The quantitative estimate of drug-likeness (QED) is 0.410. The number of carboxylic acids is 1. The molecule has 0 radical (unpaired) electrons. The molecule has 0 unspecified atom stereocenters. The fourth-order valence-electron chi connectivity index (χ4n) is 4.18. The molecule has 0 saturated carbocycles. The van der Waals surface area contributed by atoms with Crippen molar-refractivity contribution in [3.05, 3.63) is 63.6 Å². The molecule has 0 spiro atoms. The number of amides is 1. The van der Waals surface area contributed by atoms with E-state index in [1.54, 1.807) is 6.07 Å². The number of rotatable bonds is 8. The van der Waals surface area contributed by atoms with Crippen LogP contribution < -0.4 is 5.32 Å². The second kappa shape index (κ2) is 11.0. The number of nitrogens with one attached hydrogen (secondary N) is 1. The van der Waals surface area contributed by atoms with Crippen molar-refractivity contribution in [2.24, 2.45) is 5.92 Å². The van der Waals surface area contributed by atoms with Crippen LogP contribution in [0.15, 0.2) is 42.5 Å². The number of halogens is 5. The van der Waals surface area contributed by atoms with E-state index in [1.807, 2.05) is 0 Å². The summed E-state index contributed by atoms with van der Waals surface area (Å²) in [5, 5.41) is 12.3. The van der Waals surface area contributed by atoms with Crippen molar-refractivity contribution in [2.75, 3.05) is 11.9 Å². The Labute approximate surface area is 205 Å². The molecule has 0 aromatic heterocycles. The molecule has 1 saturated heterocycles. The third-order valence-electron chi connectivity index (χ3n) is 6.01. The number of carbonyl (C=O) groups is 2. The van der Waals surface area contributed by atoms with E-state index < -0.39 is 35.8 Å². The lowest BCUT2D eigenvalue weighted by atomic mass is 9.85. The highest BCUT2D eigenvalue weighted by atomic mass is 35.5. The molecule has 1 amide bonds. The van der Waals surface area contributed by atoms with E-state index in [2.05, 4.69) is 5.32 Å². The molecule has 2 aromatic rings. The third-order valence-corrected chi connectivity index (χ3v) is 6.59. The number of carboxylic acid groups (broad SMARTS) is 1. The second-order valence-corrected chi connectivity index (χ2v) is 9.19. The van der Waals surface area contributed by atoms with Crippen LogP contribution in [0.1, 0.15) is 49.1 Å². The van der Waals surface area contributed by atoms with Crippen molar-refractivity contribution in [3.8, 4) is 0 Å². The van der Waals surface area contributed by atoms with Crippen LogP contribution in [0.2, 0.25) is 10.0 Å². The Morgan fingerprint density at radius 3 is 2.35 bits per heavy atom. The zero-order valence-corrected chi connectivity index (χ0v) is 19.8. The van der Waals surface area contributed by atoms with E-state index in [0.29, 0.717) is 23.6 Å². The third kappa shape index (κ3) is 6.43. The first-order valence-corrected chi connectivity index (χ1v) is 11.5. The van der Waals surface area contributed by atoms with Gasteiger partial charge in [0.05, 0.1) is 35.1 Å². The van der Waals surface area contributed by atoms with Crippen molar-refractivity contribution in [1.29, 1.82) is 0 Å². The summed E-state index contributed by atoms with van der Waals surface area (Å²) in [7, 11) is 0. The number of alkyl halides is 3. The maximum absolute atomic E-state index is 13.6. The monoisotopic (exact) mass is 517 g/mol. The lowest BCUT2D eigenvalue weighted by Gasteiger charge is -2.26. The Balaban J connectivity index is 1.93. The normalized spacial score (nSPS) is 18.8. The van der Waals surface area contributed by atoms with Crippen LogP contribution in [0, 0.1) is 5.92 Å². The van der Waals surface area contributed by atoms with Gasteiger partial charge in [0, 0.05) is 17.5 Å². The summed E-state index contributed by atoms with van der Waals surface area (Å²) in [6, 6.07) is 10.2. The van der Waals surface area contributed by atoms with E-state index in [-0.39, 0.29) is 28.8 Å². The average Bonchev–Trinajstić information content (AvgIpc) is 3.29. The molecule has 0 bridgehead atoms. The van der Waals surface area contributed by atoms with Gasteiger partial charge in [-0.2, -0.15) is 13.2 Å². The van der Waals surface area contributed by atoms with Crippen LogP contribution in [0.5, 0.6) is 0 Å². The molecule has 2 N–H and O–H groups in total. The summed E-state index contributed by atoms with van der Waals surface area (Å²) < 4.78 is 46.5. The molecule has 5 nitrogen and oxygen atoms in total. The van der Waals surface area contributed by atoms with E-state index >= 15 is 0 Å². The van der Waals surface area contributed by atoms with E-state index in [4.69, 9.17) is 27.9 Å². The first-order chi connectivity index (χ1) is 16.0. The predicted molar refractivity (Wildman–Crippen MR) is 123 cm³/mol. The van der Waals surface area contributed by atoms with E-state index in [0.717, 1.165) is 13.3 Å². The number of carbonyl (C=O) groups excluding carboxylic acids is 1. The summed E-state index contributed by atoms with van der Waals surface area (Å²) in [6.45, 7) is 1.47. The van der Waals surface area contributed by atoms with Crippen molar-refractivity contribution >= 4 is 40.8 Å². The predicted octanol–water partition coefficient (Wildman–Crippen LogP) is 6.65. The fraction of sp³-hybridized carbons (Fsp3) is 0.417. The Morgan fingerprint density at radius 1 is 1.15 bits per heavy atom. The van der Waals surface area contributed by atoms with Crippen molar-refractivity contribution in [1.82, 2.24) is 0 Å². The Morgan fingerprint density at radius 2 is 1.79 bits per heavy atom. The minimum absolute atomic E-state index is 0.103. The first kappa shape index (κ1) is 26.3. The van der Waals surface area contributed by atoms with Crippen LogP contribution in [-0.4, -0.2) is 35.9 Å². The van der Waals surface area contributed by atoms with Gasteiger partial charge in [0.2, 0.25) is 5.91 Å². The zero-order chi connectivity index (χ0) is 25.0. The summed E-state index contributed by atoms with van der Waals surface area (Å²) in [5.41, 5.74) is 0.828. The molecule has 4 atom stereocenters. The summed E-state index contributed by atoms with van der Waals surface area (Å²) in [6.07, 6.45) is -3.65. The Bertz CT molecular complexity index is 1020. The standard InChI is InChI=1S/C24H24Cl2F3NO4/c1-13(24(27,28)29)22(14-4-7-16(25)8-5-14)23(33)30-19-11-15(6-9-18(19)26)17(12-21(31)32)20-3-2-10-34-20/h4-9,11,13,17,20,22H,2-3,10,12H2,1H3,(H,30,33)(H,31,32)/t13-,17+,20+,22+/m1/s1. The van der Waals surface area contributed by atoms with Gasteiger partial charge in [-0.25, -0.2) is 0 Å². The van der Waals surface area contributed by atoms with E-state index in [9.17, 15) is 27.9 Å². The molecule has 1 heterocycles. The molecular weight excluding hydrogens is 494 g/mol. The fourth-order valence-corrected chi connectivity index (χ4v) is 4.47.